The van der Waals surface area contributed by atoms with E-state index in [9.17, 15) is 5.11 Å². The second kappa shape index (κ2) is 4.47. The van der Waals surface area contributed by atoms with E-state index in [1.165, 1.54) is 11.3 Å². The van der Waals surface area contributed by atoms with Crippen molar-refractivity contribution >= 4 is 23.1 Å². The number of thiazole rings is 1. The average Bonchev–Trinajstić information content (AvgIpc) is 2.96. The first-order chi connectivity index (χ1) is 8.70. The predicted octanol–water partition coefficient (Wildman–Crippen LogP) is 0.868. The first-order valence-electron chi connectivity index (χ1n) is 5.74. The third-order valence-corrected chi connectivity index (χ3v) is 4.15. The molecule has 0 spiro atoms. The molecule has 1 aromatic heterocycles. The Bertz CT molecular complexity index is 499. The van der Waals surface area contributed by atoms with E-state index < -0.39 is 12.2 Å². The van der Waals surface area contributed by atoms with E-state index in [1.54, 1.807) is 5.51 Å². The highest BCUT2D eigenvalue weighted by molar-refractivity contribution is 7.11. The van der Waals surface area contributed by atoms with Crippen molar-refractivity contribution in [2.45, 2.75) is 24.9 Å². The molecule has 2 N–H and O–H groups in total. The summed E-state index contributed by atoms with van der Waals surface area (Å²) >= 11 is 1.53. The lowest BCUT2D eigenvalue weighted by atomic mass is 10.1. The maximum atomic E-state index is 9.76. The van der Waals surface area contributed by atoms with E-state index in [0.717, 1.165) is 16.3 Å². The van der Waals surface area contributed by atoms with E-state index in [0.29, 0.717) is 6.42 Å². The van der Waals surface area contributed by atoms with Crippen LogP contribution >= 0.6 is 11.3 Å². The molecule has 5 nitrogen and oxygen atoms in total. The SMILES string of the molecule is C=C1c2scnc2C=CN1[C@H]1C[C@@H](O)[C@@H](CO)O1. The highest BCUT2D eigenvalue weighted by Gasteiger charge is 2.37. The lowest BCUT2D eigenvalue weighted by molar-refractivity contribution is -0.0505. The van der Waals surface area contributed by atoms with Gasteiger partial charge in [-0.05, 0) is 6.08 Å². The maximum absolute atomic E-state index is 9.76. The number of hydrogen-bond acceptors (Lipinski definition) is 6. The largest absolute Gasteiger partial charge is 0.394 e. The zero-order chi connectivity index (χ0) is 12.7. The van der Waals surface area contributed by atoms with Crippen molar-refractivity contribution < 1.29 is 14.9 Å². The van der Waals surface area contributed by atoms with Crippen LogP contribution < -0.4 is 0 Å². The van der Waals surface area contributed by atoms with Crippen LogP contribution in [0, 0.1) is 0 Å². The molecule has 96 valence electrons. The minimum Gasteiger partial charge on any atom is -0.394 e. The van der Waals surface area contributed by atoms with Gasteiger partial charge in [-0.2, -0.15) is 0 Å². The molecule has 0 bridgehead atoms. The van der Waals surface area contributed by atoms with Gasteiger partial charge < -0.3 is 19.8 Å². The smallest absolute Gasteiger partial charge is 0.137 e. The summed E-state index contributed by atoms with van der Waals surface area (Å²) in [5.41, 5.74) is 3.52. The number of aliphatic hydroxyl groups is 2. The van der Waals surface area contributed by atoms with Crippen LogP contribution in [0.5, 0.6) is 0 Å². The Hall–Kier alpha value is -1.21. The van der Waals surface area contributed by atoms with Crippen LogP contribution in [0.2, 0.25) is 0 Å². The van der Waals surface area contributed by atoms with Gasteiger partial charge >= 0.3 is 0 Å². The molecule has 3 heterocycles. The van der Waals surface area contributed by atoms with E-state index in [2.05, 4.69) is 11.6 Å². The van der Waals surface area contributed by atoms with Gasteiger partial charge in [-0.25, -0.2) is 4.98 Å². The molecule has 0 saturated carbocycles. The average molecular weight is 266 g/mol. The van der Waals surface area contributed by atoms with Crippen molar-refractivity contribution in [1.29, 1.82) is 0 Å². The normalized spacial score (nSPS) is 30.9. The summed E-state index contributed by atoms with van der Waals surface area (Å²) < 4.78 is 5.62. The molecule has 3 rings (SSSR count). The topological polar surface area (TPSA) is 65.8 Å². The van der Waals surface area contributed by atoms with E-state index in [4.69, 9.17) is 9.84 Å². The van der Waals surface area contributed by atoms with Crippen LogP contribution in [-0.2, 0) is 4.74 Å². The van der Waals surface area contributed by atoms with Gasteiger partial charge in [0.05, 0.1) is 34.5 Å². The van der Waals surface area contributed by atoms with Gasteiger partial charge in [0.2, 0.25) is 0 Å². The van der Waals surface area contributed by atoms with E-state index >= 15 is 0 Å². The molecule has 1 fully saturated rings. The van der Waals surface area contributed by atoms with Gasteiger partial charge in [0, 0.05) is 12.6 Å². The zero-order valence-electron chi connectivity index (χ0n) is 9.69. The van der Waals surface area contributed by atoms with Crippen molar-refractivity contribution in [2.75, 3.05) is 6.61 Å². The molecule has 0 aromatic carbocycles. The number of rotatable bonds is 2. The molecule has 0 aliphatic carbocycles. The molecule has 0 amide bonds. The summed E-state index contributed by atoms with van der Waals surface area (Å²) in [5.74, 6) is 0. The van der Waals surface area contributed by atoms with Crippen molar-refractivity contribution in [3.05, 3.63) is 28.9 Å². The fourth-order valence-electron chi connectivity index (χ4n) is 2.27. The first-order valence-corrected chi connectivity index (χ1v) is 6.62. The molecule has 3 atom stereocenters. The Morgan fingerprint density at radius 3 is 3.17 bits per heavy atom. The van der Waals surface area contributed by atoms with Gasteiger partial charge in [0.25, 0.3) is 0 Å². The fourth-order valence-corrected chi connectivity index (χ4v) is 3.02. The minimum absolute atomic E-state index is 0.173. The Morgan fingerprint density at radius 1 is 1.61 bits per heavy atom. The molecule has 6 heteroatoms. The molecule has 2 aliphatic heterocycles. The fraction of sp³-hybridized carbons (Fsp3) is 0.417. The second-order valence-electron chi connectivity index (χ2n) is 4.35. The van der Waals surface area contributed by atoms with Crippen LogP contribution in [0.1, 0.15) is 17.0 Å². The molecular weight excluding hydrogens is 252 g/mol. The maximum Gasteiger partial charge on any atom is 0.137 e. The van der Waals surface area contributed by atoms with Crippen LogP contribution in [-0.4, -0.2) is 45.1 Å². The lowest BCUT2D eigenvalue weighted by Gasteiger charge is -2.30. The Balaban J connectivity index is 1.81. The summed E-state index contributed by atoms with van der Waals surface area (Å²) in [5, 5.41) is 18.8. The minimum atomic E-state index is -0.635. The van der Waals surface area contributed by atoms with Crippen LogP contribution in [0.4, 0.5) is 0 Å². The van der Waals surface area contributed by atoms with Gasteiger partial charge in [-0.15, -0.1) is 11.3 Å². The molecule has 18 heavy (non-hydrogen) atoms. The third kappa shape index (κ3) is 1.78. The summed E-state index contributed by atoms with van der Waals surface area (Å²) in [6, 6.07) is 0. The first kappa shape index (κ1) is 11.9. The van der Waals surface area contributed by atoms with Crippen molar-refractivity contribution in [1.82, 2.24) is 9.88 Å². The Kier molecular flexibility index (Phi) is 2.95. The van der Waals surface area contributed by atoms with E-state index in [-0.39, 0.29) is 12.8 Å². The summed E-state index contributed by atoms with van der Waals surface area (Å²) in [4.78, 5) is 7.13. The molecule has 2 aliphatic rings. The molecule has 1 saturated heterocycles. The lowest BCUT2D eigenvalue weighted by Crippen LogP contribution is -2.31. The van der Waals surface area contributed by atoms with Gasteiger partial charge in [-0.3, -0.25) is 0 Å². The Labute approximate surface area is 109 Å². The van der Waals surface area contributed by atoms with E-state index in [1.807, 2.05) is 17.2 Å². The highest BCUT2D eigenvalue weighted by atomic mass is 32.1. The van der Waals surface area contributed by atoms with Gasteiger partial charge in [0.1, 0.15) is 12.3 Å². The number of hydrogen-bond donors (Lipinski definition) is 2. The van der Waals surface area contributed by atoms with Gasteiger partial charge in [-0.1, -0.05) is 6.58 Å². The van der Waals surface area contributed by atoms with Crippen molar-refractivity contribution in [2.24, 2.45) is 0 Å². The van der Waals surface area contributed by atoms with Gasteiger partial charge in [0.15, 0.2) is 0 Å². The van der Waals surface area contributed by atoms with Crippen molar-refractivity contribution in [3.63, 3.8) is 0 Å². The van der Waals surface area contributed by atoms with Crippen LogP contribution in [0.3, 0.4) is 0 Å². The number of aliphatic hydroxyl groups excluding tert-OH is 2. The number of ether oxygens (including phenoxy) is 1. The zero-order valence-corrected chi connectivity index (χ0v) is 10.5. The third-order valence-electron chi connectivity index (χ3n) is 3.26. The molecule has 0 radical (unpaired) electrons. The Morgan fingerprint density at radius 2 is 2.44 bits per heavy atom. The second-order valence-corrected chi connectivity index (χ2v) is 5.21. The quantitative estimate of drug-likeness (QED) is 0.831. The number of fused-ring (bicyclic) bond motifs is 1. The monoisotopic (exact) mass is 266 g/mol. The molecular formula is C12H14N2O3S. The van der Waals surface area contributed by atoms with Crippen molar-refractivity contribution in [3.8, 4) is 0 Å². The predicted molar refractivity (Wildman–Crippen MR) is 68.4 cm³/mol. The molecule has 1 aromatic rings. The number of aromatic nitrogens is 1. The number of nitrogens with zero attached hydrogens (tertiary/aromatic N) is 2. The van der Waals surface area contributed by atoms with Crippen LogP contribution in [0.15, 0.2) is 18.3 Å². The standard InChI is InChI=1S/C12H14N2O3S/c1-7-12-8(13-6-18-12)2-3-14(7)11-4-9(16)10(5-15)17-11/h2-3,6,9-11,15-16H,1,4-5H2/t9-,10-,11-/m1/s1. The highest BCUT2D eigenvalue weighted by Crippen LogP contribution is 2.35. The summed E-state index contributed by atoms with van der Waals surface area (Å²) in [6.45, 7) is 3.88. The summed E-state index contributed by atoms with van der Waals surface area (Å²) in [7, 11) is 0. The summed E-state index contributed by atoms with van der Waals surface area (Å²) in [6.07, 6.45) is 2.80. The molecule has 0 unspecified atom stereocenters. The van der Waals surface area contributed by atoms with Crippen LogP contribution in [0.25, 0.3) is 11.8 Å².